The Morgan fingerprint density at radius 3 is 1.28 bits per heavy atom. The number of carboxylic acids is 3. The van der Waals surface area contributed by atoms with E-state index in [2.05, 4.69) is 94.1 Å². The van der Waals surface area contributed by atoms with Crippen molar-refractivity contribution in [1.29, 1.82) is 0 Å². The molecule has 2 aromatic rings. The number of hydrogen-bond donors (Lipinski definition) is 26. The molecule has 0 spiro atoms. The largest absolute Gasteiger partial charge is 0.481 e. The van der Waals surface area contributed by atoms with Crippen molar-refractivity contribution in [3.8, 4) is 0 Å². The molecule has 0 bridgehead atoms. The maximum atomic E-state index is 14.8. The lowest BCUT2D eigenvalue weighted by Crippen LogP contribution is -2.61. The van der Waals surface area contributed by atoms with E-state index in [-0.39, 0.29) is 114 Å². The number of benzene rings is 1. The summed E-state index contributed by atoms with van der Waals surface area (Å²) in [6, 6.07) is -11.8. The van der Waals surface area contributed by atoms with Gasteiger partial charge in [0.1, 0.15) is 72.5 Å². The number of aromatic amines is 1. The predicted octanol–water partition coefficient (Wildman–Crippen LogP) is -8.71. The van der Waals surface area contributed by atoms with Crippen molar-refractivity contribution < 1.29 is 97.1 Å². The Morgan fingerprint density at radius 2 is 0.846 bits per heavy atom. The van der Waals surface area contributed by atoms with Gasteiger partial charge in [-0.05, 0) is 108 Å². The van der Waals surface area contributed by atoms with Crippen LogP contribution in [-0.4, -0.2) is 261 Å². The van der Waals surface area contributed by atoms with Gasteiger partial charge in [-0.3, -0.25) is 91.7 Å². The van der Waals surface area contributed by atoms with Crippen molar-refractivity contribution in [2.24, 2.45) is 72.7 Å². The van der Waals surface area contributed by atoms with E-state index in [0.717, 1.165) is 6.92 Å². The smallest absolute Gasteiger partial charge is 0.325 e. The van der Waals surface area contributed by atoms with E-state index in [1.54, 1.807) is 58.0 Å². The van der Waals surface area contributed by atoms with Crippen LogP contribution in [0, 0.1) is 11.8 Å². The summed E-state index contributed by atoms with van der Waals surface area (Å²) in [5.74, 6) is -19.3. The van der Waals surface area contributed by atoms with Crippen LogP contribution >= 0.6 is 0 Å². The zero-order valence-corrected chi connectivity index (χ0v) is 66.5. The van der Waals surface area contributed by atoms with Gasteiger partial charge in [0, 0.05) is 51.5 Å². The average Bonchev–Trinajstić information content (AvgIpc) is 1.71. The van der Waals surface area contributed by atoms with Gasteiger partial charge in [0.2, 0.25) is 76.8 Å². The van der Waals surface area contributed by atoms with Crippen LogP contribution in [0.4, 0.5) is 0 Å². The highest BCUT2D eigenvalue weighted by Crippen LogP contribution is 2.15. The Balaban J connectivity index is 2.56. The van der Waals surface area contributed by atoms with Gasteiger partial charge in [0.25, 0.3) is 0 Å². The topological polar surface area (TPSA) is 784 Å². The van der Waals surface area contributed by atoms with Gasteiger partial charge in [-0.15, -0.1) is 0 Å². The maximum Gasteiger partial charge on any atom is 0.325 e. The molecule has 2 rings (SSSR count). The number of aromatic nitrogens is 2. The third-order valence-corrected chi connectivity index (χ3v) is 17.9. The molecule has 0 fully saturated rings. The number of aliphatic hydroxyl groups excluding tert-OH is 1. The Kier molecular flexibility index (Phi) is 46.2. The molecular formula is C71H118N26O20. The van der Waals surface area contributed by atoms with E-state index >= 15 is 0 Å². The number of hydrogen-bond acceptors (Lipinski definition) is 23. The van der Waals surface area contributed by atoms with Crippen LogP contribution < -0.4 is 115 Å². The minimum absolute atomic E-state index is 0.00592. The number of aliphatic carboxylic acids is 3. The van der Waals surface area contributed by atoms with Crippen LogP contribution in [0.2, 0.25) is 0 Å². The first-order valence-electron chi connectivity index (χ1n) is 38.0. The number of guanidine groups is 3. The summed E-state index contributed by atoms with van der Waals surface area (Å²) in [7, 11) is 0. The van der Waals surface area contributed by atoms with Gasteiger partial charge >= 0.3 is 17.9 Å². The molecule has 117 heavy (non-hydrogen) atoms. The quantitative estimate of drug-likeness (QED) is 0.0166. The summed E-state index contributed by atoms with van der Waals surface area (Å²) < 4.78 is 0. The normalized spacial score (nSPS) is 14.5. The number of carbonyl (C=O) groups excluding carboxylic acids is 13. The van der Waals surface area contributed by atoms with Crippen LogP contribution in [0.15, 0.2) is 57.8 Å². The molecule has 0 saturated heterocycles. The summed E-state index contributed by atoms with van der Waals surface area (Å²) in [4.78, 5) is 236. The van der Waals surface area contributed by atoms with Gasteiger partial charge in [0.15, 0.2) is 17.9 Å². The second kappa shape index (κ2) is 53.7. The van der Waals surface area contributed by atoms with Crippen molar-refractivity contribution in [1.82, 2.24) is 79.1 Å². The van der Waals surface area contributed by atoms with E-state index in [4.69, 9.17) is 45.9 Å². The molecule has 652 valence electrons. The van der Waals surface area contributed by atoms with Crippen molar-refractivity contribution in [2.75, 3.05) is 39.3 Å². The molecule has 1 aromatic heterocycles. The molecule has 0 aliphatic rings. The van der Waals surface area contributed by atoms with Crippen molar-refractivity contribution in [3.05, 3.63) is 54.1 Å². The molecule has 0 radical (unpaired) electrons. The van der Waals surface area contributed by atoms with Crippen LogP contribution in [0.3, 0.4) is 0 Å². The molecule has 13 amide bonds. The van der Waals surface area contributed by atoms with Gasteiger partial charge in [-0.2, -0.15) is 0 Å². The summed E-state index contributed by atoms with van der Waals surface area (Å²) in [5.41, 5.74) is 45.5. The van der Waals surface area contributed by atoms with Crippen LogP contribution in [0.1, 0.15) is 143 Å². The van der Waals surface area contributed by atoms with E-state index in [9.17, 15) is 97.1 Å². The minimum atomic E-state index is -1.90. The molecule has 0 unspecified atom stereocenters. The number of carbonyl (C=O) groups is 16. The number of rotatable bonds is 57. The zero-order chi connectivity index (χ0) is 88.0. The lowest BCUT2D eigenvalue weighted by atomic mass is 9.97. The number of aliphatic imine (C=N–C) groups is 3. The molecule has 34 N–H and O–H groups in total. The summed E-state index contributed by atoms with van der Waals surface area (Å²) in [6.45, 7) is 7.14. The highest BCUT2D eigenvalue weighted by Gasteiger charge is 2.38. The maximum absolute atomic E-state index is 14.8. The summed E-state index contributed by atoms with van der Waals surface area (Å²) >= 11 is 0. The highest BCUT2D eigenvalue weighted by molar-refractivity contribution is 6.00. The van der Waals surface area contributed by atoms with Crippen LogP contribution in [0.25, 0.3) is 0 Å². The fourth-order valence-corrected chi connectivity index (χ4v) is 11.1. The molecule has 0 saturated carbocycles. The fraction of sp³-hybridized carbons (Fsp3) is 0.606. The molecular weight excluding hydrogens is 1540 g/mol. The highest BCUT2D eigenvalue weighted by atomic mass is 16.4. The number of aliphatic hydroxyl groups is 1. The van der Waals surface area contributed by atoms with Crippen molar-refractivity contribution >= 4 is 113 Å². The second-order valence-electron chi connectivity index (χ2n) is 27.9. The first-order valence-corrected chi connectivity index (χ1v) is 38.0. The van der Waals surface area contributed by atoms with Gasteiger partial charge in [0.05, 0.1) is 31.2 Å². The van der Waals surface area contributed by atoms with Gasteiger partial charge < -0.3 is 140 Å². The van der Waals surface area contributed by atoms with Gasteiger partial charge in [-0.25, -0.2) is 4.98 Å². The monoisotopic (exact) mass is 1650 g/mol. The van der Waals surface area contributed by atoms with E-state index in [1.165, 1.54) is 19.4 Å². The lowest BCUT2D eigenvalue weighted by molar-refractivity contribution is -0.142. The number of nitrogens with one attached hydrogen (secondary N) is 14. The first kappa shape index (κ1) is 101. The number of amides is 13. The Hall–Kier alpha value is -12.4. The fourth-order valence-electron chi connectivity index (χ4n) is 11.1. The van der Waals surface area contributed by atoms with E-state index in [0.29, 0.717) is 12.0 Å². The number of carboxylic acid groups (broad SMARTS) is 3. The third-order valence-electron chi connectivity index (χ3n) is 17.9. The molecule has 0 aliphatic carbocycles. The number of nitrogens with two attached hydrogens (primary N) is 8. The van der Waals surface area contributed by atoms with Gasteiger partial charge in [-0.1, -0.05) is 64.4 Å². The summed E-state index contributed by atoms with van der Waals surface area (Å²) in [5, 5.41) is 71.2. The zero-order valence-electron chi connectivity index (χ0n) is 66.5. The molecule has 46 heteroatoms. The minimum Gasteiger partial charge on any atom is -0.481 e. The standard InChI is InChI=1S/C71H118N26O20/c1-7-37(4)55(67(115)87-39(6)68(116)117)97-62(110)47(23-25-53(102)103)92-65(113)50(34-98)95-61(109)43(19-11-12-26-72)89-64(112)49(31-41-32-80-35-85-41)93-56(104)38(5)86-58(106)46(22-24-52(100)101)91-60(108)44(20-14-28-82-70(76)77)88-59(107)45(21-15-29-83-71(78)79)90-63(111)48(30-40-16-9-8-10-17-40)94-66(114)54(36(2)3)96-51(99)33-84-57(105)42(73)18-13-27-81-69(74)75/h8-10,16-17,32,35-39,42-50,54-55,98H,7,11-15,18-31,33-34,72-73H2,1-6H3,(H,80,85)(H,84,105)(H,86,106)(H,87,115)(H,88,107)(H,89,112)(H,90,111)(H,91,108)(H,92,113)(H,93,104)(H,94,114)(H,95,109)(H,96,99)(H,97,110)(H,100,101)(H,102,103)(H,116,117)(H4,74,75,81)(H4,76,77,82)(H4,78,79,83)/t37-,38-,39-,42-,43-,44-,45-,46-,47-,48-,49-,50-,54-,55-/m0/s1. The molecule has 0 aliphatic heterocycles. The van der Waals surface area contributed by atoms with Crippen molar-refractivity contribution in [2.45, 2.75) is 223 Å². The summed E-state index contributed by atoms with van der Waals surface area (Å²) in [6.07, 6.45) is -0.201. The number of unbranched alkanes of at least 4 members (excludes halogenated alkanes) is 1. The van der Waals surface area contributed by atoms with Crippen LogP contribution in [-0.2, 0) is 89.6 Å². The first-order chi connectivity index (χ1) is 55.2. The molecule has 1 aromatic carbocycles. The second-order valence-corrected chi connectivity index (χ2v) is 27.9. The number of nitrogens with zero attached hydrogens (tertiary/aromatic N) is 4. The van der Waals surface area contributed by atoms with Crippen LogP contribution in [0.5, 0.6) is 0 Å². The Morgan fingerprint density at radius 1 is 0.444 bits per heavy atom. The SMILES string of the molecule is CC[C@H](C)[C@H](NC(=O)[C@H](CCC(=O)O)NC(=O)[C@H](CO)NC(=O)[C@H](CCCCN)NC(=O)[C@H](Cc1c[nH]cn1)NC(=O)[C@H](C)NC(=O)[C@H](CCC(=O)O)NC(=O)[C@H](CCCN=C(N)N)NC(=O)[C@H](CCCN=C(N)N)NC(=O)[C@H](Cc1ccccc1)NC(=O)[C@@H](NC(=O)CNC(=O)[C@@H](N)CCCN=C(N)N)C(C)C)C(=O)N[C@@H](C)C(=O)O. The third kappa shape index (κ3) is 40.0. The number of H-pyrrole nitrogens is 1. The Bertz CT molecular complexity index is 3710. The predicted molar refractivity (Wildman–Crippen MR) is 423 cm³/mol. The van der Waals surface area contributed by atoms with E-state index < -0.39 is 230 Å². The van der Waals surface area contributed by atoms with Crippen molar-refractivity contribution in [3.63, 3.8) is 0 Å². The molecule has 1 heterocycles. The molecule has 46 nitrogen and oxygen atoms in total. The molecule has 14 atom stereocenters. The Labute approximate surface area is 675 Å². The average molecular weight is 1660 g/mol. The van der Waals surface area contributed by atoms with E-state index in [1.807, 2.05) is 0 Å². The lowest BCUT2D eigenvalue weighted by Gasteiger charge is -2.28. The number of imidazole rings is 1.